The standard InChI is InChI=1S/C11H11ClFN3/c1-2-3-9-15-10-7(11(14)16-9)4-6(12)5-8(10)13/h4-5H,2-3H2,1H3,(H2,14,15,16). The fourth-order valence-corrected chi connectivity index (χ4v) is 1.77. The molecule has 2 N–H and O–H groups in total. The van der Waals surface area contributed by atoms with Gasteiger partial charge in [-0.15, -0.1) is 0 Å². The van der Waals surface area contributed by atoms with Gasteiger partial charge in [-0.1, -0.05) is 18.5 Å². The Morgan fingerprint density at radius 3 is 2.81 bits per heavy atom. The molecule has 0 fully saturated rings. The zero-order chi connectivity index (χ0) is 11.7. The molecule has 2 aromatic rings. The monoisotopic (exact) mass is 239 g/mol. The molecule has 0 aliphatic rings. The molecule has 0 saturated heterocycles. The first-order valence-corrected chi connectivity index (χ1v) is 5.40. The van der Waals surface area contributed by atoms with Gasteiger partial charge in [-0.2, -0.15) is 0 Å². The molecule has 1 heterocycles. The maximum Gasteiger partial charge on any atom is 0.151 e. The van der Waals surface area contributed by atoms with E-state index in [9.17, 15) is 4.39 Å². The van der Waals surface area contributed by atoms with Gasteiger partial charge in [0.05, 0.1) is 0 Å². The summed E-state index contributed by atoms with van der Waals surface area (Å²) in [7, 11) is 0. The molecule has 0 aliphatic carbocycles. The molecule has 0 atom stereocenters. The van der Waals surface area contributed by atoms with E-state index in [0.29, 0.717) is 22.7 Å². The summed E-state index contributed by atoms with van der Waals surface area (Å²) in [5.74, 6) is 0.373. The van der Waals surface area contributed by atoms with Gasteiger partial charge >= 0.3 is 0 Å². The van der Waals surface area contributed by atoms with Crippen LogP contribution in [0.1, 0.15) is 19.2 Å². The van der Waals surface area contributed by atoms with E-state index in [1.165, 1.54) is 6.07 Å². The van der Waals surface area contributed by atoms with Crippen molar-refractivity contribution in [1.29, 1.82) is 0 Å². The van der Waals surface area contributed by atoms with Crippen molar-refractivity contribution in [2.45, 2.75) is 19.8 Å². The van der Waals surface area contributed by atoms with Crippen LogP contribution in [0.3, 0.4) is 0 Å². The summed E-state index contributed by atoms with van der Waals surface area (Å²) in [5, 5.41) is 0.758. The SMILES string of the molecule is CCCc1nc(N)c2cc(Cl)cc(F)c2n1. The topological polar surface area (TPSA) is 51.8 Å². The van der Waals surface area contributed by atoms with Crippen LogP contribution in [0, 0.1) is 5.82 Å². The van der Waals surface area contributed by atoms with Gasteiger partial charge in [0.2, 0.25) is 0 Å². The number of halogens is 2. The maximum absolute atomic E-state index is 13.6. The van der Waals surface area contributed by atoms with Crippen LogP contribution >= 0.6 is 11.6 Å². The largest absolute Gasteiger partial charge is 0.383 e. The Kier molecular flexibility index (Phi) is 2.92. The molecule has 1 aromatic heterocycles. The van der Waals surface area contributed by atoms with Crippen molar-refractivity contribution in [3.63, 3.8) is 0 Å². The minimum atomic E-state index is -0.464. The molecule has 0 aliphatic heterocycles. The van der Waals surface area contributed by atoms with Gasteiger partial charge in [-0.3, -0.25) is 0 Å². The van der Waals surface area contributed by atoms with E-state index < -0.39 is 5.82 Å². The molecule has 0 saturated carbocycles. The average molecular weight is 240 g/mol. The molecule has 2 rings (SSSR count). The predicted octanol–water partition coefficient (Wildman–Crippen LogP) is 2.96. The van der Waals surface area contributed by atoms with Crippen LogP contribution in [0.2, 0.25) is 5.02 Å². The maximum atomic E-state index is 13.6. The van der Waals surface area contributed by atoms with Crippen molar-refractivity contribution in [2.75, 3.05) is 5.73 Å². The molecule has 1 aromatic carbocycles. The number of rotatable bonds is 2. The first-order valence-electron chi connectivity index (χ1n) is 5.03. The highest BCUT2D eigenvalue weighted by Gasteiger charge is 2.10. The number of nitrogens with zero attached hydrogens (tertiary/aromatic N) is 2. The minimum Gasteiger partial charge on any atom is -0.383 e. The van der Waals surface area contributed by atoms with Crippen LogP contribution in [0.4, 0.5) is 10.2 Å². The zero-order valence-corrected chi connectivity index (χ0v) is 9.55. The summed E-state index contributed by atoms with van der Waals surface area (Å²) < 4.78 is 13.6. The molecular weight excluding hydrogens is 229 g/mol. The van der Waals surface area contributed by atoms with Gasteiger partial charge in [0.1, 0.15) is 17.2 Å². The average Bonchev–Trinajstić information content (AvgIpc) is 2.20. The van der Waals surface area contributed by atoms with Crippen molar-refractivity contribution in [3.05, 3.63) is 28.8 Å². The Balaban J connectivity index is 2.71. The molecule has 84 valence electrons. The molecule has 0 radical (unpaired) electrons. The summed E-state index contributed by atoms with van der Waals surface area (Å²) in [6.07, 6.45) is 1.57. The van der Waals surface area contributed by atoms with E-state index in [2.05, 4.69) is 9.97 Å². The molecule has 0 amide bonds. The number of hydrogen-bond donors (Lipinski definition) is 1. The van der Waals surface area contributed by atoms with Gasteiger partial charge in [-0.25, -0.2) is 14.4 Å². The summed E-state index contributed by atoms with van der Waals surface area (Å²) in [5.41, 5.74) is 5.99. The third-order valence-electron chi connectivity index (χ3n) is 2.27. The van der Waals surface area contributed by atoms with Crippen molar-refractivity contribution in [3.8, 4) is 0 Å². The van der Waals surface area contributed by atoms with Gasteiger partial charge in [0.25, 0.3) is 0 Å². The quantitative estimate of drug-likeness (QED) is 0.877. The normalized spacial score (nSPS) is 10.9. The number of hydrogen-bond acceptors (Lipinski definition) is 3. The second kappa shape index (κ2) is 4.22. The zero-order valence-electron chi connectivity index (χ0n) is 8.80. The third kappa shape index (κ3) is 1.93. The van der Waals surface area contributed by atoms with E-state index in [1.54, 1.807) is 6.07 Å². The molecule has 16 heavy (non-hydrogen) atoms. The van der Waals surface area contributed by atoms with Crippen LogP contribution in [0.15, 0.2) is 12.1 Å². The van der Waals surface area contributed by atoms with E-state index in [0.717, 1.165) is 6.42 Å². The Bertz CT molecular complexity index is 542. The number of benzene rings is 1. The van der Waals surface area contributed by atoms with Crippen molar-refractivity contribution in [2.24, 2.45) is 0 Å². The Labute approximate surface area is 97.5 Å². The van der Waals surface area contributed by atoms with Crippen LogP contribution in [-0.2, 0) is 6.42 Å². The first kappa shape index (κ1) is 11.1. The van der Waals surface area contributed by atoms with Crippen molar-refractivity contribution >= 4 is 28.3 Å². The minimum absolute atomic E-state index is 0.236. The van der Waals surface area contributed by atoms with E-state index in [-0.39, 0.29) is 11.3 Å². The second-order valence-electron chi connectivity index (χ2n) is 3.56. The lowest BCUT2D eigenvalue weighted by Gasteiger charge is -2.05. The molecule has 3 nitrogen and oxygen atoms in total. The summed E-state index contributed by atoms with van der Waals surface area (Å²) in [4.78, 5) is 8.26. The Morgan fingerprint density at radius 2 is 2.12 bits per heavy atom. The fourth-order valence-electron chi connectivity index (χ4n) is 1.56. The number of nitrogens with two attached hydrogens (primary N) is 1. The van der Waals surface area contributed by atoms with Crippen LogP contribution < -0.4 is 5.73 Å². The molecule has 0 bridgehead atoms. The van der Waals surface area contributed by atoms with E-state index >= 15 is 0 Å². The van der Waals surface area contributed by atoms with Crippen LogP contribution in [0.25, 0.3) is 10.9 Å². The van der Waals surface area contributed by atoms with E-state index in [4.69, 9.17) is 17.3 Å². The lowest BCUT2D eigenvalue weighted by Crippen LogP contribution is -2.02. The Hall–Kier alpha value is -1.42. The summed E-state index contributed by atoms with van der Waals surface area (Å²) in [6.45, 7) is 2.00. The first-order chi connectivity index (χ1) is 7.61. The third-order valence-corrected chi connectivity index (χ3v) is 2.49. The number of anilines is 1. The molecule has 0 unspecified atom stereocenters. The lowest BCUT2D eigenvalue weighted by atomic mass is 10.2. The Morgan fingerprint density at radius 1 is 1.38 bits per heavy atom. The summed E-state index contributed by atoms with van der Waals surface area (Å²) >= 11 is 5.75. The highest BCUT2D eigenvalue weighted by molar-refractivity contribution is 6.31. The predicted molar refractivity (Wildman–Crippen MR) is 62.9 cm³/mol. The fraction of sp³-hybridized carbons (Fsp3) is 0.273. The van der Waals surface area contributed by atoms with E-state index in [1.807, 2.05) is 6.92 Å². The van der Waals surface area contributed by atoms with Gasteiger partial charge < -0.3 is 5.73 Å². The number of fused-ring (bicyclic) bond motifs is 1. The van der Waals surface area contributed by atoms with Gasteiger partial charge in [-0.05, 0) is 18.6 Å². The lowest BCUT2D eigenvalue weighted by molar-refractivity contribution is 0.635. The molecule has 0 spiro atoms. The van der Waals surface area contributed by atoms with Crippen molar-refractivity contribution in [1.82, 2.24) is 9.97 Å². The highest BCUT2D eigenvalue weighted by atomic mass is 35.5. The molecular formula is C11H11ClFN3. The van der Waals surface area contributed by atoms with Gasteiger partial charge in [0, 0.05) is 16.8 Å². The summed E-state index contributed by atoms with van der Waals surface area (Å²) in [6, 6.07) is 2.80. The highest BCUT2D eigenvalue weighted by Crippen LogP contribution is 2.25. The van der Waals surface area contributed by atoms with Crippen LogP contribution in [-0.4, -0.2) is 9.97 Å². The second-order valence-corrected chi connectivity index (χ2v) is 4.00. The number of aryl methyl sites for hydroxylation is 1. The smallest absolute Gasteiger partial charge is 0.151 e. The number of nitrogen functional groups attached to an aromatic ring is 1. The van der Waals surface area contributed by atoms with Gasteiger partial charge in [0.15, 0.2) is 5.82 Å². The van der Waals surface area contributed by atoms with Crippen molar-refractivity contribution < 1.29 is 4.39 Å². The van der Waals surface area contributed by atoms with Crippen LogP contribution in [0.5, 0.6) is 0 Å². The number of aromatic nitrogens is 2. The molecule has 5 heteroatoms.